The molecule has 0 radical (unpaired) electrons. The van der Waals surface area contributed by atoms with Crippen LogP contribution in [0.15, 0.2) is 40.7 Å². The maximum atomic E-state index is 12.7. The summed E-state index contributed by atoms with van der Waals surface area (Å²) in [7, 11) is 0. The van der Waals surface area contributed by atoms with E-state index >= 15 is 0 Å². The minimum absolute atomic E-state index is 0.0477. The molecule has 0 saturated heterocycles. The fraction of sp³-hybridized carbons (Fsp3) is 0.320. The zero-order valence-corrected chi connectivity index (χ0v) is 22.0. The van der Waals surface area contributed by atoms with Crippen LogP contribution in [-0.2, 0) is 0 Å². The van der Waals surface area contributed by atoms with Gasteiger partial charge in [-0.05, 0) is 62.4 Å². The van der Waals surface area contributed by atoms with Gasteiger partial charge in [0.1, 0.15) is 12.3 Å². The quantitative estimate of drug-likeness (QED) is 0.240. The van der Waals surface area contributed by atoms with Gasteiger partial charge in [0, 0.05) is 22.7 Å². The number of aliphatic hydroxyl groups excluding tert-OH is 1. The number of nitrogens with zero attached hydrogens (tertiary/aromatic N) is 1. The second-order valence-electron chi connectivity index (χ2n) is 8.42. The molecule has 3 N–H and O–H groups in total. The first-order valence-corrected chi connectivity index (χ1v) is 13.6. The Labute approximate surface area is 221 Å². The predicted molar refractivity (Wildman–Crippen MR) is 143 cm³/mol. The van der Waals surface area contributed by atoms with E-state index < -0.39 is 0 Å². The molecule has 6 nitrogen and oxygen atoms in total. The zero-order valence-electron chi connectivity index (χ0n) is 18.9. The van der Waals surface area contributed by atoms with Crippen molar-refractivity contribution in [3.05, 3.63) is 61.1 Å². The van der Waals surface area contributed by atoms with Gasteiger partial charge in [0.05, 0.1) is 30.8 Å². The SMILES string of the molecule is CC(=NCC(=O)c1ccc(C(=O)NC2CCC(O)CC2)s1)c1csc(-c2ccc(Cl)c(Cl)c2)c1O. The third kappa shape index (κ3) is 6.13. The number of nitrogens with one attached hydrogen (secondary N) is 1. The third-order valence-corrected chi connectivity index (χ3v) is 8.82. The Hall–Kier alpha value is -2.23. The predicted octanol–water partition coefficient (Wildman–Crippen LogP) is 6.21. The van der Waals surface area contributed by atoms with E-state index in [4.69, 9.17) is 23.2 Å². The molecule has 1 amide bonds. The fourth-order valence-corrected chi connectivity index (χ4v) is 6.03. The lowest BCUT2D eigenvalue weighted by atomic mass is 9.93. The van der Waals surface area contributed by atoms with Crippen LogP contribution in [0.2, 0.25) is 10.0 Å². The first-order chi connectivity index (χ1) is 16.7. The summed E-state index contributed by atoms with van der Waals surface area (Å²) in [6.07, 6.45) is 2.59. The molecule has 0 spiro atoms. The van der Waals surface area contributed by atoms with E-state index in [1.54, 1.807) is 42.6 Å². The number of aromatic hydroxyl groups is 1. The maximum absolute atomic E-state index is 12.7. The van der Waals surface area contributed by atoms with E-state index in [9.17, 15) is 19.8 Å². The minimum Gasteiger partial charge on any atom is -0.506 e. The van der Waals surface area contributed by atoms with Gasteiger partial charge >= 0.3 is 0 Å². The van der Waals surface area contributed by atoms with Crippen LogP contribution in [0.25, 0.3) is 10.4 Å². The van der Waals surface area contributed by atoms with Crippen molar-refractivity contribution in [1.29, 1.82) is 0 Å². The molecule has 1 aliphatic carbocycles. The standard InChI is InChI=1S/C25H24Cl2N2O4S2/c1-13(17-12-34-24(23(17)32)14-2-7-18(26)19(27)10-14)28-11-20(31)21-8-9-22(35-21)25(33)29-15-3-5-16(30)6-4-15/h2,7-10,12,15-16,30,32H,3-6,11H2,1H3,(H,29,33). The molecule has 10 heteroatoms. The summed E-state index contributed by atoms with van der Waals surface area (Å²) in [6.45, 7) is 1.65. The average molecular weight is 552 g/mol. The van der Waals surface area contributed by atoms with Crippen LogP contribution < -0.4 is 5.32 Å². The highest BCUT2D eigenvalue weighted by molar-refractivity contribution is 7.16. The molecular weight excluding hydrogens is 527 g/mol. The number of amides is 1. The highest BCUT2D eigenvalue weighted by Gasteiger charge is 2.22. The Kier molecular flexibility index (Phi) is 8.29. The highest BCUT2D eigenvalue weighted by Crippen LogP contribution is 2.40. The maximum Gasteiger partial charge on any atom is 0.261 e. The number of carbonyl (C=O) groups excluding carboxylic acids is 2. The summed E-state index contributed by atoms with van der Waals surface area (Å²) in [5.41, 5.74) is 1.82. The van der Waals surface area contributed by atoms with Crippen LogP contribution in [-0.4, -0.2) is 46.3 Å². The lowest BCUT2D eigenvalue weighted by Gasteiger charge is -2.25. The second kappa shape index (κ2) is 11.2. The summed E-state index contributed by atoms with van der Waals surface area (Å²) < 4.78 is 0. The number of hydrogen-bond donors (Lipinski definition) is 3. The van der Waals surface area contributed by atoms with Gasteiger partial charge in [-0.25, -0.2) is 0 Å². The van der Waals surface area contributed by atoms with Gasteiger partial charge in [-0.3, -0.25) is 14.6 Å². The molecule has 1 saturated carbocycles. The van der Waals surface area contributed by atoms with Crippen LogP contribution in [0.4, 0.5) is 0 Å². The summed E-state index contributed by atoms with van der Waals surface area (Å²) in [6, 6.07) is 8.48. The van der Waals surface area contributed by atoms with Gasteiger partial charge in [0.25, 0.3) is 5.91 Å². The Balaban J connectivity index is 1.39. The highest BCUT2D eigenvalue weighted by atomic mass is 35.5. The fourth-order valence-electron chi connectivity index (χ4n) is 3.89. The van der Waals surface area contributed by atoms with E-state index in [1.807, 2.05) is 0 Å². The lowest BCUT2D eigenvalue weighted by molar-refractivity contribution is 0.0871. The second-order valence-corrected chi connectivity index (χ2v) is 11.2. The van der Waals surface area contributed by atoms with Gasteiger partial charge < -0.3 is 15.5 Å². The average Bonchev–Trinajstić information content (AvgIpc) is 3.48. The molecule has 2 aromatic heterocycles. The van der Waals surface area contributed by atoms with Crippen molar-refractivity contribution < 1.29 is 19.8 Å². The molecule has 3 aromatic rings. The normalized spacial score (nSPS) is 18.5. The molecule has 0 bridgehead atoms. The topological polar surface area (TPSA) is 99.0 Å². The molecule has 1 aromatic carbocycles. The number of hydrogen-bond acceptors (Lipinski definition) is 7. The molecule has 0 aliphatic heterocycles. The molecule has 184 valence electrons. The van der Waals surface area contributed by atoms with Gasteiger partial charge in [0.15, 0.2) is 5.78 Å². The molecule has 1 aliphatic rings. The van der Waals surface area contributed by atoms with Crippen molar-refractivity contribution in [2.75, 3.05) is 6.54 Å². The van der Waals surface area contributed by atoms with Crippen molar-refractivity contribution in [2.45, 2.75) is 44.8 Å². The largest absolute Gasteiger partial charge is 0.506 e. The number of aliphatic imine (C=N–C) groups is 1. The van der Waals surface area contributed by atoms with Crippen LogP contribution in [0.5, 0.6) is 5.75 Å². The van der Waals surface area contributed by atoms with Crippen molar-refractivity contribution in [1.82, 2.24) is 5.32 Å². The summed E-state index contributed by atoms with van der Waals surface area (Å²) in [5.74, 6) is -0.325. The summed E-state index contributed by atoms with van der Waals surface area (Å²) >= 11 is 14.6. The number of benzene rings is 1. The van der Waals surface area contributed by atoms with Gasteiger partial charge in [-0.15, -0.1) is 22.7 Å². The van der Waals surface area contributed by atoms with E-state index in [2.05, 4.69) is 10.3 Å². The Bertz CT molecular complexity index is 1280. The number of carbonyl (C=O) groups is 2. The molecule has 0 atom stereocenters. The molecular formula is C25H24Cl2N2O4S2. The summed E-state index contributed by atoms with van der Waals surface area (Å²) in [4.78, 5) is 31.2. The van der Waals surface area contributed by atoms with Crippen molar-refractivity contribution in [2.24, 2.45) is 4.99 Å². The van der Waals surface area contributed by atoms with E-state index in [1.165, 1.54) is 11.3 Å². The Morgan fingerprint density at radius 1 is 1.09 bits per heavy atom. The van der Waals surface area contributed by atoms with Crippen LogP contribution in [0.3, 0.4) is 0 Å². The lowest BCUT2D eigenvalue weighted by Crippen LogP contribution is -2.38. The molecule has 0 unspecified atom stereocenters. The molecule has 4 rings (SSSR count). The zero-order chi connectivity index (χ0) is 25.1. The van der Waals surface area contributed by atoms with Crippen LogP contribution in [0.1, 0.15) is 57.5 Å². The molecule has 2 heterocycles. The Morgan fingerprint density at radius 3 is 2.51 bits per heavy atom. The molecule has 1 fully saturated rings. The van der Waals surface area contributed by atoms with Crippen molar-refractivity contribution >= 4 is 63.3 Å². The number of halogens is 2. The number of Topliss-reactive ketones (excluding diaryl/α,β-unsaturated/α-hetero) is 1. The third-order valence-electron chi connectivity index (χ3n) is 5.93. The van der Waals surface area contributed by atoms with Crippen LogP contribution >= 0.6 is 45.9 Å². The van der Waals surface area contributed by atoms with Crippen molar-refractivity contribution in [3.63, 3.8) is 0 Å². The van der Waals surface area contributed by atoms with E-state index in [0.717, 1.165) is 29.7 Å². The molecule has 35 heavy (non-hydrogen) atoms. The Morgan fingerprint density at radius 2 is 1.80 bits per heavy atom. The van der Waals surface area contributed by atoms with Gasteiger partial charge in [0.2, 0.25) is 0 Å². The van der Waals surface area contributed by atoms with Gasteiger partial charge in [-0.2, -0.15) is 0 Å². The monoisotopic (exact) mass is 550 g/mol. The minimum atomic E-state index is -0.281. The number of thiophene rings is 2. The van der Waals surface area contributed by atoms with Crippen molar-refractivity contribution in [3.8, 4) is 16.2 Å². The first-order valence-electron chi connectivity index (χ1n) is 11.1. The smallest absolute Gasteiger partial charge is 0.261 e. The van der Waals surface area contributed by atoms with E-state index in [-0.39, 0.29) is 36.1 Å². The number of aliphatic hydroxyl groups is 1. The van der Waals surface area contributed by atoms with Crippen LogP contribution in [0, 0.1) is 0 Å². The number of ketones is 1. The summed E-state index contributed by atoms with van der Waals surface area (Å²) in [5, 5.41) is 25.9. The van der Waals surface area contributed by atoms with Gasteiger partial charge in [-0.1, -0.05) is 29.3 Å². The van der Waals surface area contributed by atoms with E-state index in [0.29, 0.717) is 48.8 Å². The first kappa shape index (κ1) is 25.9. The number of rotatable bonds is 7.